The number of nitrogens with zero attached hydrogens (tertiary/aromatic N) is 1. The first-order valence-corrected chi connectivity index (χ1v) is 6.97. The van der Waals surface area contributed by atoms with Gasteiger partial charge in [-0.2, -0.15) is 0 Å². The number of guanidine groups is 1. The minimum Gasteiger partial charge on any atom is -0.370 e. The van der Waals surface area contributed by atoms with E-state index in [2.05, 4.69) is 24.2 Å². The maximum Gasteiger partial charge on any atom is 0.252 e. The molecule has 0 radical (unpaired) electrons. The van der Waals surface area contributed by atoms with Crippen molar-refractivity contribution in [2.45, 2.75) is 51.0 Å². The van der Waals surface area contributed by atoms with Crippen molar-refractivity contribution < 1.29 is 8.78 Å². The molecule has 6 heteroatoms. The summed E-state index contributed by atoms with van der Waals surface area (Å²) in [4.78, 5) is 4.05. The Hall–Kier alpha value is -0.920. The van der Waals surface area contributed by atoms with Gasteiger partial charge in [-0.3, -0.25) is 0 Å². The Morgan fingerprint density at radius 3 is 2.43 bits per heavy atom. The van der Waals surface area contributed by atoms with E-state index in [0.717, 1.165) is 12.1 Å². The van der Waals surface area contributed by atoms with Crippen LogP contribution in [-0.2, 0) is 0 Å². The molecule has 118 valence electrons. The van der Waals surface area contributed by atoms with Crippen LogP contribution in [0.3, 0.4) is 0 Å². The van der Waals surface area contributed by atoms with E-state index < -0.39 is 5.92 Å². The predicted octanol–water partition coefficient (Wildman–Crippen LogP) is 4.34. The second-order valence-corrected chi connectivity index (χ2v) is 5.49. The quantitative estimate of drug-likeness (QED) is 0.442. The number of halogens is 3. The van der Waals surface area contributed by atoms with Crippen LogP contribution in [0, 0.1) is 0 Å². The van der Waals surface area contributed by atoms with Crippen molar-refractivity contribution in [1.82, 2.24) is 0 Å². The predicted molar refractivity (Wildman–Crippen MR) is 93.8 cm³/mol. The lowest BCUT2D eigenvalue weighted by atomic mass is 9.89. The van der Waals surface area contributed by atoms with Crippen LogP contribution >= 0.6 is 24.0 Å². The lowest BCUT2D eigenvalue weighted by molar-refractivity contribution is -0.0834. The maximum absolute atomic E-state index is 12.7. The summed E-state index contributed by atoms with van der Waals surface area (Å²) in [7, 11) is 0. The molecule has 21 heavy (non-hydrogen) atoms. The molecule has 1 aromatic rings. The highest BCUT2D eigenvalue weighted by atomic mass is 127. The third-order valence-electron chi connectivity index (χ3n) is 3.75. The van der Waals surface area contributed by atoms with E-state index in [9.17, 15) is 8.78 Å². The number of alkyl halides is 2. The summed E-state index contributed by atoms with van der Waals surface area (Å²) >= 11 is 0. The molecule has 1 fully saturated rings. The second kappa shape index (κ2) is 7.38. The zero-order valence-electron chi connectivity index (χ0n) is 12.3. The van der Waals surface area contributed by atoms with Gasteiger partial charge in [-0.25, -0.2) is 13.8 Å². The minimum atomic E-state index is -2.56. The van der Waals surface area contributed by atoms with Gasteiger partial charge in [0.1, 0.15) is 0 Å². The average molecular weight is 409 g/mol. The molecule has 0 bridgehead atoms. The van der Waals surface area contributed by atoms with Crippen molar-refractivity contribution in [1.29, 1.82) is 0 Å². The standard InChI is InChI=1S/C15H21F2N3.HI/c1-3-10(2)11-4-6-12(7-5-11)19-14(18)20-13-8-15(16,17)9-13;/h4-7,10,13H,3,8-9H2,1-2H3,(H3,18,19,20);1H. The summed E-state index contributed by atoms with van der Waals surface area (Å²) in [5.41, 5.74) is 7.82. The van der Waals surface area contributed by atoms with Gasteiger partial charge in [0.2, 0.25) is 0 Å². The lowest BCUT2D eigenvalue weighted by Gasteiger charge is -2.32. The van der Waals surface area contributed by atoms with E-state index in [0.29, 0.717) is 5.92 Å². The van der Waals surface area contributed by atoms with Crippen molar-refractivity contribution in [2.75, 3.05) is 5.32 Å². The molecule has 0 aromatic heterocycles. The van der Waals surface area contributed by atoms with Crippen LogP contribution in [0.25, 0.3) is 0 Å². The third-order valence-corrected chi connectivity index (χ3v) is 3.75. The molecule has 1 aliphatic carbocycles. The van der Waals surface area contributed by atoms with Gasteiger partial charge in [-0.1, -0.05) is 26.0 Å². The van der Waals surface area contributed by atoms with Gasteiger partial charge in [0.25, 0.3) is 5.92 Å². The first-order valence-electron chi connectivity index (χ1n) is 6.97. The van der Waals surface area contributed by atoms with Crippen LogP contribution < -0.4 is 11.1 Å². The fourth-order valence-corrected chi connectivity index (χ4v) is 2.23. The van der Waals surface area contributed by atoms with Crippen molar-refractivity contribution in [3.8, 4) is 0 Å². The summed E-state index contributed by atoms with van der Waals surface area (Å²) in [5.74, 6) is -1.85. The van der Waals surface area contributed by atoms with Crippen molar-refractivity contribution in [2.24, 2.45) is 10.7 Å². The molecular formula is C15H22F2IN3. The molecule has 3 N–H and O–H groups in total. The molecule has 2 rings (SSSR count). The Morgan fingerprint density at radius 2 is 1.95 bits per heavy atom. The Labute approximate surface area is 141 Å². The van der Waals surface area contributed by atoms with Crippen molar-refractivity contribution in [3.05, 3.63) is 29.8 Å². The molecule has 0 amide bonds. The maximum atomic E-state index is 12.7. The minimum absolute atomic E-state index is 0. The van der Waals surface area contributed by atoms with E-state index in [4.69, 9.17) is 5.73 Å². The third kappa shape index (κ3) is 5.09. The van der Waals surface area contributed by atoms with Crippen LogP contribution in [0.5, 0.6) is 0 Å². The van der Waals surface area contributed by atoms with Gasteiger partial charge in [0, 0.05) is 18.5 Å². The Balaban J connectivity index is 0.00000220. The van der Waals surface area contributed by atoms with Gasteiger partial charge in [-0.15, -0.1) is 24.0 Å². The largest absolute Gasteiger partial charge is 0.370 e. The molecule has 1 atom stereocenters. The Bertz CT molecular complexity index is 480. The van der Waals surface area contributed by atoms with E-state index >= 15 is 0 Å². The summed E-state index contributed by atoms with van der Waals surface area (Å²) in [6.45, 7) is 4.32. The molecule has 0 saturated heterocycles. The molecule has 1 aliphatic rings. The van der Waals surface area contributed by atoms with Crippen molar-refractivity contribution in [3.63, 3.8) is 0 Å². The van der Waals surface area contributed by atoms with Gasteiger partial charge < -0.3 is 11.1 Å². The van der Waals surface area contributed by atoms with Crippen LogP contribution in [-0.4, -0.2) is 17.9 Å². The zero-order valence-corrected chi connectivity index (χ0v) is 14.6. The normalized spacial score (nSPS) is 19.3. The zero-order chi connectivity index (χ0) is 14.8. The molecule has 1 aromatic carbocycles. The van der Waals surface area contributed by atoms with Gasteiger partial charge in [0.05, 0.1) is 6.04 Å². The lowest BCUT2D eigenvalue weighted by Crippen LogP contribution is -2.40. The smallest absolute Gasteiger partial charge is 0.252 e. The molecule has 0 heterocycles. The molecule has 1 saturated carbocycles. The first kappa shape index (κ1) is 18.1. The van der Waals surface area contributed by atoms with E-state index in [1.807, 2.05) is 24.3 Å². The molecular weight excluding hydrogens is 387 g/mol. The van der Waals surface area contributed by atoms with Gasteiger partial charge >= 0.3 is 0 Å². The number of nitrogens with one attached hydrogen (secondary N) is 1. The summed E-state index contributed by atoms with van der Waals surface area (Å²) < 4.78 is 25.4. The van der Waals surface area contributed by atoms with Crippen LogP contribution in [0.15, 0.2) is 29.3 Å². The van der Waals surface area contributed by atoms with Gasteiger partial charge in [0.15, 0.2) is 5.96 Å². The molecule has 1 unspecified atom stereocenters. The number of aliphatic imine (C=N–C) groups is 1. The number of anilines is 1. The van der Waals surface area contributed by atoms with Crippen LogP contribution in [0.4, 0.5) is 14.5 Å². The number of hydrogen-bond donors (Lipinski definition) is 2. The topological polar surface area (TPSA) is 50.4 Å². The van der Waals surface area contributed by atoms with Crippen molar-refractivity contribution >= 4 is 35.6 Å². The number of rotatable bonds is 4. The second-order valence-electron chi connectivity index (χ2n) is 5.49. The summed E-state index contributed by atoms with van der Waals surface area (Å²) in [5, 5.41) is 2.94. The highest BCUT2D eigenvalue weighted by Crippen LogP contribution is 2.39. The summed E-state index contributed by atoms with van der Waals surface area (Å²) in [6.07, 6.45) is 0.678. The Kier molecular flexibility index (Phi) is 6.37. The highest BCUT2D eigenvalue weighted by Gasteiger charge is 2.45. The Morgan fingerprint density at radius 1 is 1.38 bits per heavy atom. The fourth-order valence-electron chi connectivity index (χ4n) is 2.23. The van der Waals surface area contributed by atoms with E-state index in [-0.39, 0.29) is 48.8 Å². The van der Waals surface area contributed by atoms with E-state index in [1.54, 1.807) is 0 Å². The van der Waals surface area contributed by atoms with Crippen LogP contribution in [0.2, 0.25) is 0 Å². The highest BCUT2D eigenvalue weighted by molar-refractivity contribution is 14.0. The molecule has 0 aliphatic heterocycles. The molecule has 0 spiro atoms. The monoisotopic (exact) mass is 409 g/mol. The fraction of sp³-hybridized carbons (Fsp3) is 0.533. The van der Waals surface area contributed by atoms with Crippen LogP contribution in [0.1, 0.15) is 44.6 Å². The van der Waals surface area contributed by atoms with Gasteiger partial charge in [-0.05, 0) is 30.0 Å². The number of nitrogens with two attached hydrogens (primary N) is 1. The summed E-state index contributed by atoms with van der Waals surface area (Å²) in [6, 6.07) is 7.58. The molecule has 3 nitrogen and oxygen atoms in total. The number of benzene rings is 1. The first-order chi connectivity index (χ1) is 9.39. The average Bonchev–Trinajstić information content (AvgIpc) is 2.36. The van der Waals surface area contributed by atoms with E-state index in [1.165, 1.54) is 5.56 Å². The number of hydrogen-bond acceptors (Lipinski definition) is 1. The SMILES string of the molecule is CCC(C)c1ccc(NC(N)=NC2CC(F)(F)C2)cc1.I.